The minimum Gasteiger partial charge on any atom is -0.353 e. The standard InChI is InChI=1S/C18H21ClN2O/c1-18(2,14-8-10-15(19)11-9-14)17(22)21-12-16(20)13-6-4-3-5-7-13/h3-11,16H,12,20H2,1-2H3,(H,21,22). The molecule has 116 valence electrons. The lowest BCUT2D eigenvalue weighted by molar-refractivity contribution is -0.125. The van der Waals surface area contributed by atoms with E-state index >= 15 is 0 Å². The van der Waals surface area contributed by atoms with Gasteiger partial charge in [0.05, 0.1) is 5.41 Å². The van der Waals surface area contributed by atoms with E-state index in [0.29, 0.717) is 11.6 Å². The summed E-state index contributed by atoms with van der Waals surface area (Å²) in [4.78, 5) is 12.5. The molecule has 1 atom stereocenters. The molecule has 22 heavy (non-hydrogen) atoms. The van der Waals surface area contributed by atoms with Crippen molar-refractivity contribution in [3.8, 4) is 0 Å². The first kappa shape index (κ1) is 16.5. The predicted molar refractivity (Wildman–Crippen MR) is 90.9 cm³/mol. The number of rotatable bonds is 5. The smallest absolute Gasteiger partial charge is 0.230 e. The highest BCUT2D eigenvalue weighted by molar-refractivity contribution is 6.30. The highest BCUT2D eigenvalue weighted by atomic mass is 35.5. The first-order valence-electron chi connectivity index (χ1n) is 7.26. The van der Waals surface area contributed by atoms with Gasteiger partial charge in [0.1, 0.15) is 0 Å². The molecule has 2 rings (SSSR count). The van der Waals surface area contributed by atoms with E-state index in [1.165, 1.54) is 0 Å². The molecule has 0 heterocycles. The third-order valence-electron chi connectivity index (χ3n) is 3.84. The molecule has 0 aliphatic rings. The van der Waals surface area contributed by atoms with Gasteiger partial charge in [-0.25, -0.2) is 0 Å². The van der Waals surface area contributed by atoms with Crippen molar-refractivity contribution in [3.63, 3.8) is 0 Å². The van der Waals surface area contributed by atoms with Crippen LogP contribution in [0, 0.1) is 0 Å². The van der Waals surface area contributed by atoms with Crippen LogP contribution in [0.1, 0.15) is 31.0 Å². The lowest BCUT2D eigenvalue weighted by atomic mass is 9.83. The molecule has 2 aromatic carbocycles. The summed E-state index contributed by atoms with van der Waals surface area (Å²) >= 11 is 5.89. The van der Waals surface area contributed by atoms with Crippen LogP contribution in [0.3, 0.4) is 0 Å². The molecule has 1 unspecified atom stereocenters. The van der Waals surface area contributed by atoms with Gasteiger partial charge in [-0.2, -0.15) is 0 Å². The summed E-state index contributed by atoms with van der Waals surface area (Å²) in [6.07, 6.45) is 0. The first-order chi connectivity index (χ1) is 10.4. The summed E-state index contributed by atoms with van der Waals surface area (Å²) in [5.74, 6) is -0.0544. The molecular formula is C18H21ClN2O. The number of nitrogens with two attached hydrogens (primary N) is 1. The van der Waals surface area contributed by atoms with E-state index in [1.807, 2.05) is 56.3 Å². The predicted octanol–water partition coefficient (Wildman–Crippen LogP) is 3.43. The molecule has 0 fully saturated rings. The van der Waals surface area contributed by atoms with Gasteiger partial charge in [0, 0.05) is 17.6 Å². The SMILES string of the molecule is CC(C)(C(=O)NCC(N)c1ccccc1)c1ccc(Cl)cc1. The second-order valence-corrected chi connectivity index (χ2v) is 6.30. The van der Waals surface area contributed by atoms with Gasteiger partial charge in [-0.05, 0) is 37.1 Å². The lowest BCUT2D eigenvalue weighted by Gasteiger charge is -2.25. The molecule has 3 nitrogen and oxygen atoms in total. The van der Waals surface area contributed by atoms with Gasteiger partial charge >= 0.3 is 0 Å². The van der Waals surface area contributed by atoms with Crippen LogP contribution >= 0.6 is 11.6 Å². The Morgan fingerprint density at radius 1 is 1.14 bits per heavy atom. The van der Waals surface area contributed by atoms with Gasteiger partial charge in [-0.15, -0.1) is 0 Å². The Hall–Kier alpha value is -1.84. The Bertz CT molecular complexity index is 623. The molecule has 0 aliphatic heterocycles. The van der Waals surface area contributed by atoms with Crippen molar-refractivity contribution in [2.45, 2.75) is 25.3 Å². The Morgan fingerprint density at radius 2 is 1.73 bits per heavy atom. The van der Waals surface area contributed by atoms with Gasteiger partial charge < -0.3 is 11.1 Å². The highest BCUT2D eigenvalue weighted by Crippen LogP contribution is 2.25. The van der Waals surface area contributed by atoms with Gasteiger partial charge in [0.15, 0.2) is 0 Å². The monoisotopic (exact) mass is 316 g/mol. The Kier molecular flexibility index (Phi) is 5.22. The average molecular weight is 317 g/mol. The maximum Gasteiger partial charge on any atom is 0.230 e. The minimum absolute atomic E-state index is 0.0544. The van der Waals surface area contributed by atoms with Crippen molar-refractivity contribution in [2.75, 3.05) is 6.54 Å². The zero-order valence-electron chi connectivity index (χ0n) is 12.8. The fraction of sp³-hybridized carbons (Fsp3) is 0.278. The van der Waals surface area contributed by atoms with E-state index in [-0.39, 0.29) is 11.9 Å². The second-order valence-electron chi connectivity index (χ2n) is 5.86. The van der Waals surface area contributed by atoms with Crippen molar-refractivity contribution in [1.29, 1.82) is 0 Å². The quantitative estimate of drug-likeness (QED) is 0.888. The van der Waals surface area contributed by atoms with Crippen molar-refractivity contribution < 1.29 is 4.79 Å². The largest absolute Gasteiger partial charge is 0.353 e. The number of carbonyl (C=O) groups is 1. The van der Waals surface area contributed by atoms with Crippen LogP contribution in [0.5, 0.6) is 0 Å². The van der Waals surface area contributed by atoms with Crippen LogP contribution in [-0.2, 0) is 10.2 Å². The minimum atomic E-state index is -0.638. The highest BCUT2D eigenvalue weighted by Gasteiger charge is 2.29. The number of nitrogens with one attached hydrogen (secondary N) is 1. The molecule has 0 bridgehead atoms. The zero-order valence-corrected chi connectivity index (χ0v) is 13.6. The van der Waals surface area contributed by atoms with Crippen LogP contribution in [0.25, 0.3) is 0 Å². The number of hydrogen-bond donors (Lipinski definition) is 2. The summed E-state index contributed by atoms with van der Waals surface area (Å²) < 4.78 is 0. The van der Waals surface area contributed by atoms with E-state index in [0.717, 1.165) is 11.1 Å². The van der Waals surface area contributed by atoms with Crippen LogP contribution in [0.2, 0.25) is 5.02 Å². The summed E-state index contributed by atoms with van der Waals surface area (Å²) in [6, 6.07) is 16.9. The van der Waals surface area contributed by atoms with Gasteiger partial charge in [0.2, 0.25) is 5.91 Å². The van der Waals surface area contributed by atoms with Crippen LogP contribution in [0.15, 0.2) is 54.6 Å². The molecule has 2 aromatic rings. The number of halogens is 1. The fourth-order valence-corrected chi connectivity index (χ4v) is 2.37. The Morgan fingerprint density at radius 3 is 2.32 bits per heavy atom. The summed E-state index contributed by atoms with van der Waals surface area (Å²) in [6.45, 7) is 4.18. The number of carbonyl (C=O) groups excluding carboxylic acids is 1. The molecule has 0 aromatic heterocycles. The van der Waals surface area contributed by atoms with E-state index in [1.54, 1.807) is 12.1 Å². The van der Waals surface area contributed by atoms with Crippen LogP contribution in [-0.4, -0.2) is 12.5 Å². The zero-order chi connectivity index (χ0) is 16.2. The third-order valence-corrected chi connectivity index (χ3v) is 4.10. The second kappa shape index (κ2) is 6.95. The van der Waals surface area contributed by atoms with Crippen LogP contribution in [0.4, 0.5) is 0 Å². The molecule has 1 amide bonds. The van der Waals surface area contributed by atoms with Crippen molar-refractivity contribution >= 4 is 17.5 Å². The molecule has 3 N–H and O–H groups in total. The maximum atomic E-state index is 12.5. The normalized spacial score (nSPS) is 12.7. The molecule has 0 spiro atoms. The molecule has 0 radical (unpaired) electrons. The summed E-state index contributed by atoms with van der Waals surface area (Å²) in [7, 11) is 0. The van der Waals surface area contributed by atoms with Crippen molar-refractivity contribution in [3.05, 3.63) is 70.7 Å². The van der Waals surface area contributed by atoms with Gasteiger partial charge in [-0.3, -0.25) is 4.79 Å². The molecule has 0 saturated heterocycles. The molecule has 4 heteroatoms. The molecule has 0 saturated carbocycles. The lowest BCUT2D eigenvalue weighted by Crippen LogP contribution is -2.42. The van der Waals surface area contributed by atoms with E-state index in [4.69, 9.17) is 17.3 Å². The topological polar surface area (TPSA) is 55.1 Å². The van der Waals surface area contributed by atoms with Gasteiger partial charge in [-0.1, -0.05) is 54.1 Å². The van der Waals surface area contributed by atoms with Crippen molar-refractivity contribution in [1.82, 2.24) is 5.32 Å². The van der Waals surface area contributed by atoms with Crippen LogP contribution < -0.4 is 11.1 Å². The number of amides is 1. The number of benzene rings is 2. The Balaban J connectivity index is 2.00. The van der Waals surface area contributed by atoms with E-state index in [2.05, 4.69) is 5.32 Å². The molecular weight excluding hydrogens is 296 g/mol. The number of hydrogen-bond acceptors (Lipinski definition) is 2. The summed E-state index contributed by atoms with van der Waals surface area (Å²) in [5, 5.41) is 3.60. The summed E-state index contributed by atoms with van der Waals surface area (Å²) in [5.41, 5.74) is 7.40. The molecule has 0 aliphatic carbocycles. The Labute approximate surface area is 136 Å². The maximum absolute atomic E-state index is 12.5. The van der Waals surface area contributed by atoms with E-state index < -0.39 is 5.41 Å². The third kappa shape index (κ3) is 3.87. The average Bonchev–Trinajstić information content (AvgIpc) is 2.53. The van der Waals surface area contributed by atoms with Gasteiger partial charge in [0.25, 0.3) is 0 Å². The van der Waals surface area contributed by atoms with Crippen molar-refractivity contribution in [2.24, 2.45) is 5.73 Å². The first-order valence-corrected chi connectivity index (χ1v) is 7.64. The van der Waals surface area contributed by atoms with E-state index in [9.17, 15) is 4.79 Å². The fourth-order valence-electron chi connectivity index (χ4n) is 2.24.